The fraction of sp³-hybridized carbons (Fsp3) is 0.407. The fourth-order valence-electron chi connectivity index (χ4n) is 4.25. The first-order valence-corrected chi connectivity index (χ1v) is 11.8. The molecule has 0 aliphatic heterocycles. The molecule has 0 bridgehead atoms. The van der Waals surface area contributed by atoms with E-state index in [-0.39, 0.29) is 6.42 Å². The molecule has 0 radical (unpaired) electrons. The van der Waals surface area contributed by atoms with Crippen LogP contribution in [0.25, 0.3) is 10.9 Å². The monoisotopic (exact) mass is 504 g/mol. The van der Waals surface area contributed by atoms with Gasteiger partial charge in [0.05, 0.1) is 25.7 Å². The molecule has 6 nitrogen and oxygen atoms in total. The average molecular weight is 505 g/mol. The molecule has 1 atom stereocenters. The molecule has 0 saturated carbocycles. The standard InChI is InChI=1S/C27H31F3N2O4/c1-5-6-7-21(27(28,29)30)15-31-25(33)18-10-11-23-22(13-18)20(16-32(23)2)12-17-8-9-19(26(34)36-4)14-24(17)35-3/h8-11,13-14,16,21H,5-7,12,15H2,1-4H3,(H,31,33). The van der Waals surface area contributed by atoms with Gasteiger partial charge in [-0.2, -0.15) is 13.2 Å². The van der Waals surface area contributed by atoms with Crippen LogP contribution in [0.2, 0.25) is 0 Å². The summed E-state index contributed by atoms with van der Waals surface area (Å²) in [6, 6.07) is 10.1. The predicted molar refractivity (Wildman–Crippen MR) is 131 cm³/mol. The first-order chi connectivity index (χ1) is 17.1. The molecule has 0 aliphatic carbocycles. The maximum Gasteiger partial charge on any atom is 0.393 e. The Hall–Kier alpha value is -3.49. The predicted octanol–water partition coefficient (Wildman–Crippen LogP) is 5.66. The molecule has 1 heterocycles. The van der Waals surface area contributed by atoms with Gasteiger partial charge in [-0.25, -0.2) is 4.79 Å². The summed E-state index contributed by atoms with van der Waals surface area (Å²) >= 11 is 0. The number of halogens is 3. The Morgan fingerprint density at radius 1 is 1.06 bits per heavy atom. The number of nitrogens with one attached hydrogen (secondary N) is 1. The number of aromatic nitrogens is 1. The molecule has 0 saturated heterocycles. The van der Waals surface area contributed by atoms with E-state index < -0.39 is 30.5 Å². The second kappa shape index (κ2) is 11.5. The average Bonchev–Trinajstić information content (AvgIpc) is 3.17. The van der Waals surface area contributed by atoms with Gasteiger partial charge < -0.3 is 19.4 Å². The van der Waals surface area contributed by atoms with Crippen LogP contribution in [0.5, 0.6) is 5.75 Å². The van der Waals surface area contributed by atoms with Crippen LogP contribution in [0, 0.1) is 5.92 Å². The van der Waals surface area contributed by atoms with Crippen molar-refractivity contribution in [3.63, 3.8) is 0 Å². The molecule has 0 spiro atoms. The number of aryl methyl sites for hydroxylation is 1. The van der Waals surface area contributed by atoms with Crippen LogP contribution in [0.1, 0.15) is 58.0 Å². The van der Waals surface area contributed by atoms with Gasteiger partial charge in [-0.3, -0.25) is 4.79 Å². The van der Waals surface area contributed by atoms with Gasteiger partial charge in [0.2, 0.25) is 0 Å². The molecule has 194 valence electrons. The summed E-state index contributed by atoms with van der Waals surface area (Å²) < 4.78 is 52.1. The third kappa shape index (κ3) is 6.19. The van der Waals surface area contributed by atoms with Crippen LogP contribution in [0.3, 0.4) is 0 Å². The summed E-state index contributed by atoms with van der Waals surface area (Å²) in [5.41, 5.74) is 3.27. The normalized spacial score (nSPS) is 12.4. The number of hydrogen-bond donors (Lipinski definition) is 1. The minimum absolute atomic E-state index is 0.0151. The van der Waals surface area contributed by atoms with Gasteiger partial charge in [0, 0.05) is 42.7 Å². The Balaban J connectivity index is 1.85. The first-order valence-electron chi connectivity index (χ1n) is 11.8. The van der Waals surface area contributed by atoms with Crippen molar-refractivity contribution in [2.24, 2.45) is 13.0 Å². The van der Waals surface area contributed by atoms with E-state index in [0.29, 0.717) is 36.1 Å². The highest BCUT2D eigenvalue weighted by molar-refractivity contribution is 5.99. The largest absolute Gasteiger partial charge is 0.496 e. The number of hydrogen-bond acceptors (Lipinski definition) is 4. The zero-order valence-corrected chi connectivity index (χ0v) is 20.9. The summed E-state index contributed by atoms with van der Waals surface area (Å²) in [5.74, 6) is -2.06. The van der Waals surface area contributed by atoms with Gasteiger partial charge in [-0.05, 0) is 47.9 Å². The van der Waals surface area contributed by atoms with Gasteiger partial charge >= 0.3 is 12.1 Å². The maximum absolute atomic E-state index is 13.3. The van der Waals surface area contributed by atoms with Gasteiger partial charge in [0.15, 0.2) is 0 Å². The Morgan fingerprint density at radius 3 is 2.42 bits per heavy atom. The van der Waals surface area contributed by atoms with E-state index in [0.717, 1.165) is 22.0 Å². The summed E-state index contributed by atoms with van der Waals surface area (Å²) in [4.78, 5) is 24.6. The maximum atomic E-state index is 13.3. The molecule has 1 unspecified atom stereocenters. The topological polar surface area (TPSA) is 69.6 Å². The van der Waals surface area contributed by atoms with Gasteiger partial charge in [-0.15, -0.1) is 0 Å². The second-order valence-corrected chi connectivity index (χ2v) is 8.78. The van der Waals surface area contributed by atoms with Crippen LogP contribution < -0.4 is 10.1 Å². The van der Waals surface area contributed by atoms with Crippen LogP contribution in [-0.2, 0) is 18.2 Å². The van der Waals surface area contributed by atoms with E-state index in [1.807, 2.05) is 24.7 Å². The number of rotatable bonds is 10. The zero-order valence-electron chi connectivity index (χ0n) is 20.9. The van der Waals surface area contributed by atoms with Crippen molar-refractivity contribution in [3.05, 3.63) is 64.8 Å². The van der Waals surface area contributed by atoms with Gasteiger partial charge in [0.25, 0.3) is 5.91 Å². The van der Waals surface area contributed by atoms with E-state index in [9.17, 15) is 22.8 Å². The molecule has 9 heteroatoms. The number of fused-ring (bicyclic) bond motifs is 1. The summed E-state index contributed by atoms with van der Waals surface area (Å²) in [5, 5.41) is 3.27. The quantitative estimate of drug-likeness (QED) is 0.362. The van der Waals surface area contributed by atoms with Crippen molar-refractivity contribution in [2.45, 2.75) is 38.8 Å². The first kappa shape index (κ1) is 27.1. The summed E-state index contributed by atoms with van der Waals surface area (Å²) in [6.45, 7) is 1.38. The number of alkyl halides is 3. The summed E-state index contributed by atoms with van der Waals surface area (Å²) in [7, 11) is 4.70. The van der Waals surface area contributed by atoms with Gasteiger partial charge in [0.1, 0.15) is 5.75 Å². The molecule has 1 aromatic heterocycles. The van der Waals surface area contributed by atoms with E-state index in [4.69, 9.17) is 9.47 Å². The Bertz CT molecular complexity index is 1230. The fourth-order valence-corrected chi connectivity index (χ4v) is 4.25. The van der Waals surface area contributed by atoms with Crippen LogP contribution in [0.15, 0.2) is 42.6 Å². The minimum Gasteiger partial charge on any atom is -0.496 e. The third-order valence-corrected chi connectivity index (χ3v) is 6.30. The number of amides is 1. The highest BCUT2D eigenvalue weighted by Gasteiger charge is 2.38. The number of ether oxygens (including phenoxy) is 2. The lowest BCUT2D eigenvalue weighted by molar-refractivity contribution is -0.174. The lowest BCUT2D eigenvalue weighted by Crippen LogP contribution is -2.36. The van der Waals surface area contributed by atoms with E-state index in [2.05, 4.69) is 5.32 Å². The number of methoxy groups -OCH3 is 2. The Kier molecular flexibility index (Phi) is 8.66. The van der Waals surface area contributed by atoms with Crippen molar-refractivity contribution in [1.29, 1.82) is 0 Å². The van der Waals surface area contributed by atoms with Crippen molar-refractivity contribution >= 4 is 22.8 Å². The van der Waals surface area contributed by atoms with E-state index >= 15 is 0 Å². The molecule has 0 fully saturated rings. The second-order valence-electron chi connectivity index (χ2n) is 8.78. The lowest BCUT2D eigenvalue weighted by Gasteiger charge is -2.20. The smallest absolute Gasteiger partial charge is 0.393 e. The van der Waals surface area contributed by atoms with E-state index in [1.54, 1.807) is 36.4 Å². The lowest BCUT2D eigenvalue weighted by atomic mass is 10.00. The Labute approximate surface area is 208 Å². The molecule has 3 rings (SSSR count). The molecule has 3 aromatic rings. The number of carbonyl (C=O) groups is 2. The molecule has 0 aliphatic rings. The molecule has 2 aromatic carbocycles. The molecule has 1 amide bonds. The van der Waals surface area contributed by atoms with Crippen LogP contribution in [-0.4, -0.2) is 43.4 Å². The highest BCUT2D eigenvalue weighted by Crippen LogP contribution is 2.31. The number of carbonyl (C=O) groups excluding carboxylic acids is 2. The third-order valence-electron chi connectivity index (χ3n) is 6.30. The molecule has 1 N–H and O–H groups in total. The van der Waals surface area contributed by atoms with Crippen molar-refractivity contribution in [1.82, 2.24) is 9.88 Å². The van der Waals surface area contributed by atoms with Crippen molar-refractivity contribution < 1.29 is 32.2 Å². The summed E-state index contributed by atoms with van der Waals surface area (Å²) in [6.07, 6.45) is -0.876. The number of nitrogens with zero attached hydrogens (tertiary/aromatic N) is 1. The van der Waals surface area contributed by atoms with Crippen LogP contribution in [0.4, 0.5) is 13.2 Å². The zero-order chi connectivity index (χ0) is 26.5. The van der Waals surface area contributed by atoms with Crippen molar-refractivity contribution in [2.75, 3.05) is 20.8 Å². The Morgan fingerprint density at radius 2 is 1.78 bits per heavy atom. The van der Waals surface area contributed by atoms with Crippen molar-refractivity contribution in [3.8, 4) is 5.75 Å². The molecular weight excluding hydrogens is 473 g/mol. The number of esters is 1. The van der Waals surface area contributed by atoms with Crippen LogP contribution >= 0.6 is 0 Å². The van der Waals surface area contributed by atoms with E-state index in [1.165, 1.54) is 14.2 Å². The van der Waals surface area contributed by atoms with Gasteiger partial charge in [-0.1, -0.05) is 25.8 Å². The number of benzene rings is 2. The minimum atomic E-state index is -4.36. The molecular formula is C27H31F3N2O4. The molecule has 36 heavy (non-hydrogen) atoms. The number of unbranched alkanes of at least 4 members (excludes halogenated alkanes) is 1. The SMILES string of the molecule is CCCCC(CNC(=O)c1ccc2c(c1)c(Cc1ccc(C(=O)OC)cc1OC)cn2C)C(F)(F)F. The highest BCUT2D eigenvalue weighted by atomic mass is 19.4.